The molecule has 68 heavy (non-hydrogen) atoms. The Bertz CT molecular complexity index is 3040. The summed E-state index contributed by atoms with van der Waals surface area (Å²) in [5, 5.41) is 23.3. The summed E-state index contributed by atoms with van der Waals surface area (Å²) in [7, 11) is -4.92. The number of phenolic OH excluding ortho intramolecular Hbond substituents is 1. The maximum absolute atomic E-state index is 14.3. The van der Waals surface area contributed by atoms with Gasteiger partial charge >= 0.3 is 0 Å². The third-order valence-corrected chi connectivity index (χ3v) is 18.7. The first-order valence-corrected chi connectivity index (χ1v) is 26.6. The Morgan fingerprint density at radius 2 is 1.74 bits per heavy atom. The largest absolute Gasteiger partial charge is 0.506 e. The molecule has 0 aliphatic carbocycles. The van der Waals surface area contributed by atoms with Gasteiger partial charge in [0.1, 0.15) is 17.2 Å². The van der Waals surface area contributed by atoms with Gasteiger partial charge in [0.2, 0.25) is 9.84 Å². The lowest BCUT2D eigenvalue weighted by atomic mass is 10.0. The molecule has 0 spiro atoms. The Hall–Kier alpha value is -6.79. The number of nitrogens with two attached hydrogens (primary N) is 1. The monoisotopic (exact) mass is 958 g/mol. The number of aryl methyl sites for hydroxylation is 3. The highest BCUT2D eigenvalue weighted by molar-refractivity contribution is 7.91. The van der Waals surface area contributed by atoms with Crippen LogP contribution in [0.5, 0.6) is 17.2 Å². The first-order valence-electron chi connectivity index (χ1n) is 22.2. The van der Waals surface area contributed by atoms with Crippen LogP contribution >= 0.6 is 0 Å². The van der Waals surface area contributed by atoms with Crippen molar-refractivity contribution >= 4 is 69.5 Å². The predicted octanol–water partition coefficient (Wildman–Crippen LogP) is 9.11. The van der Waals surface area contributed by atoms with E-state index in [1.807, 2.05) is 25.1 Å². The van der Waals surface area contributed by atoms with E-state index in [4.69, 9.17) is 19.6 Å². The zero-order valence-corrected chi connectivity index (χ0v) is 41.3. The molecule has 0 saturated carbocycles. The van der Waals surface area contributed by atoms with Crippen LogP contribution in [0.4, 0.5) is 22.7 Å². The number of anilines is 4. The highest BCUT2D eigenvalue weighted by Crippen LogP contribution is 2.46. The Kier molecular flexibility index (Phi) is 14.3. The third kappa shape index (κ3) is 10.7. The number of aromatic hydroxyl groups is 1. The van der Waals surface area contributed by atoms with E-state index in [2.05, 4.69) is 60.1 Å². The maximum Gasteiger partial charge on any atom is 0.262 e. The van der Waals surface area contributed by atoms with Crippen LogP contribution in [0, 0.1) is 13.8 Å². The average molecular weight is 959 g/mol. The number of hydrogen-bond acceptors (Lipinski definition) is 12. The Morgan fingerprint density at radius 3 is 2.46 bits per heavy atom. The number of aromatic nitrogens is 1. The molecule has 356 valence electrons. The number of amides is 3. The fraction of sp³-hybridized carbons (Fsp3) is 0.294. The van der Waals surface area contributed by atoms with Crippen molar-refractivity contribution in [1.82, 2.24) is 10.3 Å². The zero-order chi connectivity index (χ0) is 49.1. The number of fused-ring (bicyclic) bond motifs is 2. The molecule has 6 aromatic rings. The summed E-state index contributed by atoms with van der Waals surface area (Å²) in [6.45, 7) is 15.5. The van der Waals surface area contributed by atoms with Crippen molar-refractivity contribution in [3.8, 4) is 17.2 Å². The predicted molar refractivity (Wildman–Crippen MR) is 267 cm³/mol. The lowest BCUT2D eigenvalue weighted by Crippen LogP contribution is -2.43. The van der Waals surface area contributed by atoms with Crippen LogP contribution in [0.2, 0.25) is 18.1 Å². The van der Waals surface area contributed by atoms with Crippen molar-refractivity contribution in [1.29, 1.82) is 0 Å². The van der Waals surface area contributed by atoms with Gasteiger partial charge in [0.05, 0.1) is 39.8 Å². The average Bonchev–Trinajstić information content (AvgIpc) is 3.29. The Morgan fingerprint density at radius 1 is 0.971 bits per heavy atom. The highest BCUT2D eigenvalue weighted by atomic mass is 32.2. The summed E-state index contributed by atoms with van der Waals surface area (Å²) in [5.74, 6) is -0.640. The zero-order valence-electron chi connectivity index (χ0n) is 39.5. The van der Waals surface area contributed by atoms with E-state index in [9.17, 15) is 27.9 Å². The molecule has 17 heteroatoms. The summed E-state index contributed by atoms with van der Waals surface area (Å²) in [6.07, 6.45) is 2.53. The number of phenols is 1. The van der Waals surface area contributed by atoms with E-state index in [-0.39, 0.29) is 55.6 Å². The number of pyridine rings is 1. The molecule has 0 bridgehead atoms. The number of ether oxygens (including phenoxy) is 2. The van der Waals surface area contributed by atoms with Crippen LogP contribution in [-0.4, -0.2) is 71.4 Å². The molecule has 3 amide bonds. The van der Waals surface area contributed by atoms with E-state index < -0.39 is 36.1 Å². The second-order valence-corrected chi connectivity index (χ2v) is 25.1. The van der Waals surface area contributed by atoms with Crippen molar-refractivity contribution < 1.29 is 41.8 Å². The summed E-state index contributed by atoms with van der Waals surface area (Å²) < 4.78 is 46.7. The molecule has 0 saturated heterocycles. The molecule has 7 rings (SSSR count). The van der Waals surface area contributed by atoms with E-state index in [0.29, 0.717) is 52.4 Å². The molecule has 1 atom stereocenters. The molecule has 0 radical (unpaired) electrons. The molecule has 1 aliphatic rings. The lowest BCUT2D eigenvalue weighted by Gasteiger charge is -2.40. The summed E-state index contributed by atoms with van der Waals surface area (Å²) in [5.41, 5.74) is 11.4. The summed E-state index contributed by atoms with van der Waals surface area (Å²) >= 11 is 0. The van der Waals surface area contributed by atoms with Crippen molar-refractivity contribution in [2.24, 2.45) is 5.73 Å². The summed E-state index contributed by atoms with van der Waals surface area (Å²) in [4.78, 5) is 42.7. The number of hydrogen-bond donors (Lipinski definition) is 6. The van der Waals surface area contributed by atoms with Crippen LogP contribution in [-0.2, 0) is 25.5 Å². The topological polar surface area (TPSA) is 220 Å². The minimum Gasteiger partial charge on any atom is -0.506 e. The van der Waals surface area contributed by atoms with E-state index in [0.717, 1.165) is 29.5 Å². The van der Waals surface area contributed by atoms with E-state index >= 15 is 0 Å². The van der Waals surface area contributed by atoms with Crippen molar-refractivity contribution in [3.63, 3.8) is 0 Å². The number of benzene rings is 5. The minimum absolute atomic E-state index is 0.0557. The number of nitrogens with zero attached hydrogens (tertiary/aromatic N) is 1. The quantitative estimate of drug-likeness (QED) is 0.0286. The first-order chi connectivity index (χ1) is 32.2. The SMILES string of the molecule is COc1cccc(Nc2c(C(N)=O)cnc3c(C)cc(S(=O)(=O)c4cccc(C(=O)Nc5ccc(CCCNC[C@H](O[Si](C)(C)C(C)(C)C)c6ccc(O)c7c6OCC(=O)N7)cc5C)c4)cc23)c1. The molecular weight excluding hydrogens is 901 g/mol. The molecule has 7 N–H and O–H groups in total. The van der Waals surface area contributed by atoms with Gasteiger partial charge in [-0.25, -0.2) is 8.42 Å². The first kappa shape index (κ1) is 49.1. The number of nitrogens with one attached hydrogen (secondary N) is 4. The molecule has 2 heterocycles. The van der Waals surface area contributed by atoms with Crippen LogP contribution in [0.15, 0.2) is 107 Å². The van der Waals surface area contributed by atoms with Crippen molar-refractivity contribution in [2.45, 2.75) is 81.5 Å². The second-order valence-electron chi connectivity index (χ2n) is 18.4. The minimum atomic E-state index is -4.19. The fourth-order valence-corrected chi connectivity index (χ4v) is 10.4. The number of methoxy groups -OCH3 is 1. The molecule has 0 unspecified atom stereocenters. The number of rotatable bonds is 17. The number of primary amides is 1. The molecule has 1 aliphatic heterocycles. The van der Waals surface area contributed by atoms with Gasteiger partial charge < -0.3 is 46.0 Å². The number of carbonyl (C=O) groups excluding carboxylic acids is 3. The van der Waals surface area contributed by atoms with E-state index in [1.54, 1.807) is 49.4 Å². The number of sulfone groups is 1. The fourth-order valence-electron chi connectivity index (χ4n) is 7.76. The van der Waals surface area contributed by atoms with E-state index in [1.165, 1.54) is 43.6 Å². The van der Waals surface area contributed by atoms with Gasteiger partial charge in [0.15, 0.2) is 20.7 Å². The smallest absolute Gasteiger partial charge is 0.262 e. The van der Waals surface area contributed by atoms with Gasteiger partial charge in [-0.15, -0.1) is 0 Å². The van der Waals surface area contributed by atoms with Gasteiger partial charge in [-0.3, -0.25) is 19.4 Å². The second kappa shape index (κ2) is 19.8. The molecule has 1 aromatic heterocycles. The van der Waals surface area contributed by atoms with Gasteiger partial charge in [0.25, 0.3) is 17.7 Å². The van der Waals surface area contributed by atoms with Crippen LogP contribution < -0.4 is 36.5 Å². The van der Waals surface area contributed by atoms with Crippen molar-refractivity contribution in [2.75, 3.05) is 42.8 Å². The Labute approximate surface area is 397 Å². The molecular formula is C51H58N6O9SSi. The van der Waals surface area contributed by atoms with Gasteiger partial charge in [-0.1, -0.05) is 45.0 Å². The van der Waals surface area contributed by atoms with Crippen LogP contribution in [0.25, 0.3) is 10.9 Å². The normalized spacial score (nSPS) is 13.3. The Balaban J connectivity index is 1.02. The lowest BCUT2D eigenvalue weighted by molar-refractivity contribution is -0.118. The molecule has 0 fully saturated rings. The molecule has 15 nitrogen and oxygen atoms in total. The van der Waals surface area contributed by atoms with Gasteiger partial charge in [0, 0.05) is 46.7 Å². The van der Waals surface area contributed by atoms with Gasteiger partial charge in [-0.05, 0) is 129 Å². The van der Waals surface area contributed by atoms with Crippen LogP contribution in [0.3, 0.4) is 0 Å². The maximum atomic E-state index is 14.3. The van der Waals surface area contributed by atoms with Gasteiger partial charge in [-0.2, -0.15) is 0 Å². The highest BCUT2D eigenvalue weighted by Gasteiger charge is 2.40. The van der Waals surface area contributed by atoms with Crippen molar-refractivity contribution in [3.05, 3.63) is 131 Å². The standard InChI is InChI=1S/C51H58N6O9SSi/c1-30-22-32(12-11-21-53-28-43(66-68(7,8)51(3,4)5)38-18-20-42(58)47-48(38)65-29-44(59)57-47)17-19-41(30)56-50(61)33-13-9-16-36(24-33)67(62,63)37-23-31(2)45-39(26-37)46(40(27-54-45)49(52)60)55-34-14-10-15-35(25-34)64-6/h9-10,13-20,22-27,43,53,58H,11-12,21,28-29H2,1-8H3,(H2,52,60)(H,54,55)(H,56,61)(H,57,59)/t43-/m0/s1. The summed E-state index contributed by atoms with van der Waals surface area (Å²) in [6, 6.07) is 25.0. The molecule has 5 aromatic carbocycles. The third-order valence-electron chi connectivity index (χ3n) is 12.5. The number of carbonyl (C=O) groups is 3. The van der Waals surface area contributed by atoms with Crippen LogP contribution in [0.1, 0.15) is 76.3 Å².